The molecular formula is C24H32N4O4. The topological polar surface area (TPSA) is 111 Å². The van der Waals surface area contributed by atoms with E-state index in [9.17, 15) is 19.5 Å². The lowest BCUT2D eigenvalue weighted by Crippen LogP contribution is -2.54. The maximum atomic E-state index is 13.5. The number of benzene rings is 1. The zero-order valence-corrected chi connectivity index (χ0v) is 18.3. The Balaban J connectivity index is 1.64. The van der Waals surface area contributed by atoms with Gasteiger partial charge in [0.15, 0.2) is 0 Å². The van der Waals surface area contributed by atoms with E-state index in [1.807, 2.05) is 18.2 Å². The number of para-hydroxylation sites is 1. The smallest absolute Gasteiger partial charge is 0.315 e. The zero-order chi connectivity index (χ0) is 22.5. The van der Waals surface area contributed by atoms with E-state index in [1.54, 1.807) is 12.1 Å². The molecule has 1 aromatic rings. The van der Waals surface area contributed by atoms with Crippen molar-refractivity contribution in [2.75, 3.05) is 5.43 Å². The third kappa shape index (κ3) is 4.79. The minimum Gasteiger partial charge on any atom is -0.481 e. The molecule has 0 aromatic heterocycles. The summed E-state index contributed by atoms with van der Waals surface area (Å²) in [4.78, 5) is 40.7. The number of hydrazone groups is 1. The molecule has 1 aliphatic heterocycles. The van der Waals surface area contributed by atoms with Crippen LogP contribution in [-0.4, -0.2) is 51.6 Å². The van der Waals surface area contributed by atoms with Gasteiger partial charge in [-0.15, -0.1) is 0 Å². The van der Waals surface area contributed by atoms with E-state index >= 15 is 0 Å². The molecular weight excluding hydrogens is 408 g/mol. The van der Waals surface area contributed by atoms with Crippen LogP contribution in [0.15, 0.2) is 35.4 Å². The highest BCUT2D eigenvalue weighted by atomic mass is 16.4. The van der Waals surface area contributed by atoms with Gasteiger partial charge >= 0.3 is 5.97 Å². The van der Waals surface area contributed by atoms with Gasteiger partial charge in [0.1, 0.15) is 17.7 Å². The summed E-state index contributed by atoms with van der Waals surface area (Å²) in [6.45, 7) is 0. The molecule has 2 amide bonds. The van der Waals surface area contributed by atoms with Gasteiger partial charge in [-0.3, -0.25) is 19.8 Å². The Morgan fingerprint density at radius 3 is 2.19 bits per heavy atom. The Morgan fingerprint density at radius 1 is 0.938 bits per heavy atom. The van der Waals surface area contributed by atoms with Crippen LogP contribution in [0.2, 0.25) is 0 Å². The predicted molar refractivity (Wildman–Crippen MR) is 121 cm³/mol. The second-order valence-electron chi connectivity index (χ2n) is 9.08. The fraction of sp³-hybridized carbons (Fsp3) is 0.583. The number of nitrogens with zero attached hydrogens (tertiary/aromatic N) is 2. The highest BCUT2D eigenvalue weighted by molar-refractivity contribution is 6.46. The first-order valence-electron chi connectivity index (χ1n) is 11.8. The summed E-state index contributed by atoms with van der Waals surface area (Å²) in [7, 11) is 0. The lowest BCUT2D eigenvalue weighted by atomic mass is 9.91. The second-order valence-corrected chi connectivity index (χ2v) is 9.08. The van der Waals surface area contributed by atoms with Crippen LogP contribution in [0.25, 0.3) is 0 Å². The summed E-state index contributed by atoms with van der Waals surface area (Å²) in [5.41, 5.74) is 3.36. The molecule has 2 saturated carbocycles. The first-order valence-corrected chi connectivity index (χ1v) is 11.8. The van der Waals surface area contributed by atoms with Crippen LogP contribution in [0.1, 0.15) is 64.2 Å². The molecule has 4 rings (SSSR count). The Hall–Kier alpha value is -2.90. The van der Waals surface area contributed by atoms with Crippen molar-refractivity contribution in [3.05, 3.63) is 30.3 Å². The van der Waals surface area contributed by atoms with Crippen LogP contribution in [0, 0.1) is 5.92 Å². The van der Waals surface area contributed by atoms with Gasteiger partial charge in [0.2, 0.25) is 5.91 Å². The van der Waals surface area contributed by atoms with Crippen molar-refractivity contribution in [3.8, 4) is 0 Å². The molecule has 1 saturated heterocycles. The van der Waals surface area contributed by atoms with Crippen LogP contribution in [0.3, 0.4) is 0 Å². The van der Waals surface area contributed by atoms with E-state index in [0.29, 0.717) is 5.69 Å². The van der Waals surface area contributed by atoms with Crippen molar-refractivity contribution in [1.29, 1.82) is 0 Å². The number of nitrogens with one attached hydrogen (secondary N) is 2. The summed E-state index contributed by atoms with van der Waals surface area (Å²) in [6, 6.07) is 7.90. The fourth-order valence-electron chi connectivity index (χ4n) is 5.27. The van der Waals surface area contributed by atoms with Crippen LogP contribution < -0.4 is 10.7 Å². The van der Waals surface area contributed by atoms with Crippen molar-refractivity contribution >= 4 is 29.2 Å². The van der Waals surface area contributed by atoms with E-state index in [-0.39, 0.29) is 23.7 Å². The molecule has 2 aliphatic carbocycles. The lowest BCUT2D eigenvalue weighted by molar-refractivity contribution is -0.146. The van der Waals surface area contributed by atoms with Crippen molar-refractivity contribution in [2.45, 2.75) is 82.3 Å². The highest BCUT2D eigenvalue weighted by Gasteiger charge is 2.55. The van der Waals surface area contributed by atoms with Crippen molar-refractivity contribution < 1.29 is 19.5 Å². The lowest BCUT2D eigenvalue weighted by Gasteiger charge is -2.36. The molecule has 8 nitrogen and oxygen atoms in total. The SMILES string of the molecule is O=C(O)[C@@H]1/C(=N\Nc2ccccc2)C(=O)N(C2CCCCC2)[C@H]1C(=O)NC1CCCCC1. The standard InChI is InChI=1S/C24H32N4O4/c29-22(25-16-10-4-1-5-11-16)21-19(24(31)32)20(27-26-17-12-6-2-7-13-17)23(30)28(21)18-14-8-3-9-15-18/h2,6-7,12-13,16,18-19,21,26H,1,3-5,8-11,14-15H2,(H,25,29)(H,31,32)/b27-20+/t19-,21-/m1/s1. The molecule has 172 valence electrons. The van der Waals surface area contributed by atoms with Gasteiger partial charge in [-0.2, -0.15) is 5.10 Å². The Morgan fingerprint density at radius 2 is 1.56 bits per heavy atom. The molecule has 0 bridgehead atoms. The number of aliphatic carboxylic acids is 1. The summed E-state index contributed by atoms with van der Waals surface area (Å²) in [6.07, 6.45) is 9.64. The molecule has 2 atom stereocenters. The third-order valence-corrected chi connectivity index (χ3v) is 6.90. The summed E-state index contributed by atoms with van der Waals surface area (Å²) >= 11 is 0. The largest absolute Gasteiger partial charge is 0.481 e. The van der Waals surface area contributed by atoms with Gasteiger partial charge < -0.3 is 15.3 Å². The Kier molecular flexibility index (Phi) is 7.07. The number of carboxylic acids is 1. The number of hydrogen-bond acceptors (Lipinski definition) is 5. The van der Waals surface area contributed by atoms with E-state index < -0.39 is 23.8 Å². The number of rotatable bonds is 6. The van der Waals surface area contributed by atoms with Gasteiger partial charge in [-0.1, -0.05) is 56.7 Å². The molecule has 3 N–H and O–H groups in total. The molecule has 1 heterocycles. The van der Waals surface area contributed by atoms with Gasteiger partial charge in [0.25, 0.3) is 5.91 Å². The maximum absolute atomic E-state index is 13.5. The number of likely N-dealkylation sites (tertiary alicyclic amines) is 1. The number of carbonyl (C=O) groups excluding carboxylic acids is 2. The Labute approximate surface area is 188 Å². The molecule has 0 radical (unpaired) electrons. The molecule has 8 heteroatoms. The first-order chi connectivity index (χ1) is 15.6. The number of amides is 2. The average Bonchev–Trinajstić information content (AvgIpc) is 3.12. The van der Waals surface area contributed by atoms with Crippen LogP contribution in [0.5, 0.6) is 0 Å². The van der Waals surface area contributed by atoms with Crippen LogP contribution >= 0.6 is 0 Å². The number of carboxylic acid groups (broad SMARTS) is 1. The fourth-order valence-corrected chi connectivity index (χ4v) is 5.27. The van der Waals surface area contributed by atoms with E-state index in [4.69, 9.17) is 0 Å². The van der Waals surface area contributed by atoms with Crippen LogP contribution in [-0.2, 0) is 14.4 Å². The Bertz CT molecular complexity index is 860. The van der Waals surface area contributed by atoms with Crippen LogP contribution in [0.4, 0.5) is 5.69 Å². The van der Waals surface area contributed by atoms with E-state index in [2.05, 4.69) is 15.8 Å². The van der Waals surface area contributed by atoms with Crippen molar-refractivity contribution in [2.24, 2.45) is 11.0 Å². The number of hydrogen-bond donors (Lipinski definition) is 3. The molecule has 3 aliphatic rings. The molecule has 3 fully saturated rings. The van der Waals surface area contributed by atoms with Gasteiger partial charge in [0.05, 0.1) is 5.69 Å². The average molecular weight is 441 g/mol. The van der Waals surface area contributed by atoms with Crippen molar-refractivity contribution in [3.63, 3.8) is 0 Å². The van der Waals surface area contributed by atoms with E-state index in [0.717, 1.165) is 64.2 Å². The van der Waals surface area contributed by atoms with E-state index in [1.165, 1.54) is 4.90 Å². The third-order valence-electron chi connectivity index (χ3n) is 6.90. The molecule has 32 heavy (non-hydrogen) atoms. The molecule has 0 spiro atoms. The summed E-state index contributed by atoms with van der Waals surface area (Å²) in [5.74, 6) is -3.32. The monoisotopic (exact) mass is 440 g/mol. The summed E-state index contributed by atoms with van der Waals surface area (Å²) < 4.78 is 0. The quantitative estimate of drug-likeness (QED) is 0.589. The van der Waals surface area contributed by atoms with Gasteiger partial charge in [-0.05, 0) is 37.8 Å². The first kappa shape index (κ1) is 22.3. The number of carbonyl (C=O) groups is 3. The maximum Gasteiger partial charge on any atom is 0.315 e. The molecule has 1 aromatic carbocycles. The van der Waals surface area contributed by atoms with Gasteiger partial charge in [-0.25, -0.2) is 0 Å². The predicted octanol–water partition coefficient (Wildman–Crippen LogP) is 3.15. The summed E-state index contributed by atoms with van der Waals surface area (Å²) in [5, 5.41) is 17.3. The minimum absolute atomic E-state index is 0.0393. The molecule has 0 unspecified atom stereocenters. The zero-order valence-electron chi connectivity index (χ0n) is 18.3. The number of anilines is 1. The highest BCUT2D eigenvalue weighted by Crippen LogP contribution is 2.33. The van der Waals surface area contributed by atoms with Crippen molar-refractivity contribution in [1.82, 2.24) is 10.2 Å². The second kappa shape index (κ2) is 10.1. The van der Waals surface area contributed by atoms with Gasteiger partial charge in [0, 0.05) is 12.1 Å². The minimum atomic E-state index is -1.30. The normalized spacial score (nSPS) is 26.3.